The Morgan fingerprint density at radius 1 is 1.03 bits per heavy atom. The van der Waals surface area contributed by atoms with Gasteiger partial charge in [0, 0.05) is 32.2 Å². The van der Waals surface area contributed by atoms with Gasteiger partial charge in [0.1, 0.15) is 17.6 Å². The van der Waals surface area contributed by atoms with Crippen molar-refractivity contribution in [3.05, 3.63) is 58.7 Å². The van der Waals surface area contributed by atoms with Crippen LogP contribution in [-0.2, 0) is 20.7 Å². The van der Waals surface area contributed by atoms with E-state index >= 15 is 0 Å². The van der Waals surface area contributed by atoms with Crippen molar-refractivity contribution in [1.82, 2.24) is 4.90 Å². The zero-order valence-corrected chi connectivity index (χ0v) is 23.3. The number of aliphatic hydroxyl groups excluding tert-OH is 1. The molecule has 210 valence electrons. The smallest absolute Gasteiger partial charge is 0.295 e. The number of hydrogen-bond acceptors (Lipinski definition) is 7. The summed E-state index contributed by atoms with van der Waals surface area (Å²) in [6, 6.07) is 10.0. The Labute approximate surface area is 230 Å². The fraction of sp³-hybridized carbons (Fsp3) is 0.484. The minimum absolute atomic E-state index is 0.0449. The van der Waals surface area contributed by atoms with Crippen molar-refractivity contribution < 1.29 is 33.6 Å². The number of carbonyl (C=O) groups is 2. The molecule has 0 aliphatic carbocycles. The molecule has 1 amide bonds. The third-order valence-corrected chi connectivity index (χ3v) is 7.05. The highest BCUT2D eigenvalue weighted by atomic mass is 16.5. The highest BCUT2D eigenvalue weighted by Crippen LogP contribution is 2.43. The number of nitrogens with zero attached hydrogens (tertiary/aromatic N) is 1. The zero-order chi connectivity index (χ0) is 27.9. The number of ether oxygens (including phenoxy) is 4. The van der Waals surface area contributed by atoms with Crippen LogP contribution in [-0.4, -0.2) is 61.3 Å². The largest absolute Gasteiger partial charge is 0.507 e. The number of unbranched alkanes of at least 4 members (excludes halogenated alkanes) is 2. The van der Waals surface area contributed by atoms with Crippen molar-refractivity contribution in [2.24, 2.45) is 0 Å². The highest BCUT2D eigenvalue weighted by Gasteiger charge is 2.46. The van der Waals surface area contributed by atoms with E-state index in [1.54, 1.807) is 19.2 Å². The van der Waals surface area contributed by atoms with Gasteiger partial charge in [-0.05, 0) is 68.1 Å². The standard InChI is InChI=1S/C31H39NO7/c1-5-7-8-16-38-25-13-10-21(19-26(25)37-6-2)28-27(30(34)31(35)32(28)14-9-15-36-4)29(33)22-11-12-24-23(18-22)17-20(3)39-24/h10-13,18-20,28,33H,5-9,14-17H2,1-4H3/t20-,28+/m0/s1. The van der Waals surface area contributed by atoms with Crippen molar-refractivity contribution in [3.63, 3.8) is 0 Å². The first kappa shape index (κ1) is 28.5. The molecule has 2 aliphatic rings. The van der Waals surface area contributed by atoms with Gasteiger partial charge in [0.2, 0.25) is 0 Å². The fourth-order valence-electron chi connectivity index (χ4n) is 5.18. The Morgan fingerprint density at radius 2 is 1.85 bits per heavy atom. The molecule has 1 fully saturated rings. The topological polar surface area (TPSA) is 94.5 Å². The number of aliphatic hydroxyl groups is 1. The lowest BCUT2D eigenvalue weighted by molar-refractivity contribution is -0.140. The molecule has 39 heavy (non-hydrogen) atoms. The van der Waals surface area contributed by atoms with Crippen LogP contribution in [0.3, 0.4) is 0 Å². The predicted octanol–water partition coefficient (Wildman–Crippen LogP) is 5.44. The summed E-state index contributed by atoms with van der Waals surface area (Å²) in [6.07, 6.45) is 4.41. The highest BCUT2D eigenvalue weighted by molar-refractivity contribution is 6.46. The number of ketones is 1. The van der Waals surface area contributed by atoms with Crippen LogP contribution in [0.5, 0.6) is 17.2 Å². The van der Waals surface area contributed by atoms with Gasteiger partial charge in [0.15, 0.2) is 11.5 Å². The van der Waals surface area contributed by atoms with Gasteiger partial charge in [-0.15, -0.1) is 0 Å². The third-order valence-electron chi connectivity index (χ3n) is 7.05. The molecule has 1 N–H and O–H groups in total. The summed E-state index contributed by atoms with van der Waals surface area (Å²) in [5.74, 6) is 0.365. The molecule has 2 heterocycles. The molecule has 0 bridgehead atoms. The summed E-state index contributed by atoms with van der Waals surface area (Å²) < 4.78 is 22.9. The lowest BCUT2D eigenvalue weighted by atomic mass is 9.94. The second kappa shape index (κ2) is 13.0. The van der Waals surface area contributed by atoms with Gasteiger partial charge in [-0.25, -0.2) is 0 Å². The SMILES string of the molecule is CCCCCOc1ccc([C@@H]2C(=C(O)c3ccc4c(c3)C[C@H](C)O4)C(=O)C(=O)N2CCCOC)cc1OCC. The number of benzene rings is 2. The quantitative estimate of drug-likeness (QED) is 0.157. The van der Waals surface area contributed by atoms with E-state index in [1.165, 1.54) is 4.90 Å². The molecular formula is C31H39NO7. The van der Waals surface area contributed by atoms with E-state index in [0.29, 0.717) is 61.8 Å². The minimum Gasteiger partial charge on any atom is -0.507 e. The van der Waals surface area contributed by atoms with Crippen LogP contribution < -0.4 is 14.2 Å². The van der Waals surface area contributed by atoms with E-state index in [-0.39, 0.29) is 17.4 Å². The lowest BCUT2D eigenvalue weighted by Gasteiger charge is -2.26. The Hall–Kier alpha value is -3.52. The Kier molecular flexibility index (Phi) is 9.51. The Morgan fingerprint density at radius 3 is 2.59 bits per heavy atom. The lowest BCUT2D eigenvalue weighted by Crippen LogP contribution is -2.31. The number of fused-ring (bicyclic) bond motifs is 1. The van der Waals surface area contributed by atoms with Crippen molar-refractivity contribution in [1.29, 1.82) is 0 Å². The molecule has 0 spiro atoms. The number of likely N-dealkylation sites (tertiary alicyclic amines) is 1. The van der Waals surface area contributed by atoms with Gasteiger partial charge in [-0.3, -0.25) is 9.59 Å². The van der Waals surface area contributed by atoms with Crippen LogP contribution in [0.2, 0.25) is 0 Å². The maximum absolute atomic E-state index is 13.4. The molecule has 4 rings (SSSR count). The third kappa shape index (κ3) is 6.22. The number of methoxy groups -OCH3 is 1. The van der Waals surface area contributed by atoms with Gasteiger partial charge >= 0.3 is 0 Å². The number of Topliss-reactive ketones (excluding diaryl/α,β-unsaturated/α-hetero) is 1. The first-order valence-corrected chi connectivity index (χ1v) is 13.9. The Bertz CT molecular complexity index is 1220. The van der Waals surface area contributed by atoms with Crippen LogP contribution in [0.15, 0.2) is 42.0 Å². The second-order valence-corrected chi connectivity index (χ2v) is 9.99. The molecule has 0 unspecified atom stereocenters. The van der Waals surface area contributed by atoms with Crippen LogP contribution >= 0.6 is 0 Å². The van der Waals surface area contributed by atoms with Crippen molar-refractivity contribution in [3.8, 4) is 17.2 Å². The summed E-state index contributed by atoms with van der Waals surface area (Å²) in [4.78, 5) is 28.2. The zero-order valence-electron chi connectivity index (χ0n) is 23.3. The first-order chi connectivity index (χ1) is 18.9. The normalized spacial score (nSPS) is 19.7. The van der Waals surface area contributed by atoms with Crippen LogP contribution in [0.1, 0.15) is 69.2 Å². The van der Waals surface area contributed by atoms with E-state index < -0.39 is 17.7 Å². The summed E-state index contributed by atoms with van der Waals surface area (Å²) in [5.41, 5.74) is 2.16. The van der Waals surface area contributed by atoms with Crippen molar-refractivity contribution >= 4 is 17.4 Å². The van der Waals surface area contributed by atoms with Gasteiger partial charge in [-0.2, -0.15) is 0 Å². The van der Waals surface area contributed by atoms with Crippen molar-refractivity contribution in [2.75, 3.05) is 33.5 Å². The minimum atomic E-state index is -0.779. The first-order valence-electron chi connectivity index (χ1n) is 13.9. The number of carbonyl (C=O) groups excluding carboxylic acids is 2. The van der Waals surface area contributed by atoms with Crippen molar-refractivity contribution in [2.45, 2.75) is 65.0 Å². The number of rotatable bonds is 13. The van der Waals surface area contributed by atoms with E-state index in [4.69, 9.17) is 18.9 Å². The van der Waals surface area contributed by atoms with Gasteiger partial charge in [0.05, 0.1) is 24.8 Å². The molecule has 2 atom stereocenters. The van der Waals surface area contributed by atoms with E-state index in [0.717, 1.165) is 30.6 Å². The summed E-state index contributed by atoms with van der Waals surface area (Å²) in [6.45, 7) is 7.76. The predicted molar refractivity (Wildman–Crippen MR) is 148 cm³/mol. The molecule has 8 nitrogen and oxygen atoms in total. The monoisotopic (exact) mass is 537 g/mol. The maximum Gasteiger partial charge on any atom is 0.295 e. The summed E-state index contributed by atoms with van der Waals surface area (Å²) in [5, 5.41) is 11.5. The van der Waals surface area contributed by atoms with E-state index in [9.17, 15) is 14.7 Å². The molecule has 8 heteroatoms. The maximum atomic E-state index is 13.4. The number of hydrogen-bond donors (Lipinski definition) is 1. The van der Waals surface area contributed by atoms with E-state index in [2.05, 4.69) is 6.92 Å². The van der Waals surface area contributed by atoms with Gasteiger partial charge in [-0.1, -0.05) is 25.8 Å². The summed E-state index contributed by atoms with van der Waals surface area (Å²) >= 11 is 0. The molecule has 2 aromatic carbocycles. The molecule has 2 aliphatic heterocycles. The van der Waals surface area contributed by atoms with Crippen LogP contribution in [0.25, 0.3) is 5.76 Å². The van der Waals surface area contributed by atoms with Crippen LogP contribution in [0.4, 0.5) is 0 Å². The van der Waals surface area contributed by atoms with E-state index in [1.807, 2.05) is 38.1 Å². The van der Waals surface area contributed by atoms with Crippen LogP contribution in [0, 0.1) is 0 Å². The molecule has 0 aromatic heterocycles. The fourth-order valence-corrected chi connectivity index (χ4v) is 5.18. The average molecular weight is 538 g/mol. The summed E-state index contributed by atoms with van der Waals surface area (Å²) in [7, 11) is 1.59. The molecule has 0 radical (unpaired) electrons. The molecule has 0 saturated carbocycles. The average Bonchev–Trinajstić information content (AvgIpc) is 3.42. The van der Waals surface area contributed by atoms with Gasteiger partial charge in [0.25, 0.3) is 11.7 Å². The second-order valence-electron chi connectivity index (χ2n) is 9.99. The van der Waals surface area contributed by atoms with Gasteiger partial charge < -0.3 is 29.0 Å². The number of amides is 1. The molecule has 2 aromatic rings. The Balaban J connectivity index is 1.76. The molecule has 1 saturated heterocycles. The molecular weight excluding hydrogens is 498 g/mol.